The number of hydrogen-bond donors (Lipinski definition) is 2. The first-order valence-corrected chi connectivity index (χ1v) is 5.95. The zero-order valence-corrected chi connectivity index (χ0v) is 10.6. The van der Waals surface area contributed by atoms with Crippen LogP contribution >= 0.6 is 0 Å². The van der Waals surface area contributed by atoms with Crippen LogP contribution in [-0.2, 0) is 22.6 Å². The molecule has 0 aliphatic heterocycles. The fraction of sp³-hybridized carbons (Fsp3) is 0.636. The predicted molar refractivity (Wildman–Crippen MR) is 63.9 cm³/mol. The van der Waals surface area contributed by atoms with E-state index in [1.165, 1.54) is 10.9 Å². The molecule has 1 rings (SSSR count). The molecule has 2 N–H and O–H groups in total. The average Bonchev–Trinajstić information content (AvgIpc) is 2.72. The summed E-state index contributed by atoms with van der Waals surface area (Å²) in [7, 11) is 0. The Balaban J connectivity index is 2.49. The molecule has 0 spiro atoms. The molecule has 0 atom stereocenters. The van der Waals surface area contributed by atoms with Crippen molar-refractivity contribution in [3.05, 3.63) is 11.9 Å². The van der Waals surface area contributed by atoms with Gasteiger partial charge in [-0.15, -0.1) is 5.10 Å². The monoisotopic (exact) mass is 254 g/mol. The highest BCUT2D eigenvalue weighted by Gasteiger charge is 2.11. The number of carboxylic acids is 1. The van der Waals surface area contributed by atoms with Crippen LogP contribution in [0.4, 0.5) is 0 Å². The molecule has 0 saturated heterocycles. The van der Waals surface area contributed by atoms with Crippen molar-refractivity contribution >= 4 is 11.9 Å². The minimum Gasteiger partial charge on any atom is -0.481 e. The first-order chi connectivity index (χ1) is 8.55. The second kappa shape index (κ2) is 6.73. The Morgan fingerprint density at radius 3 is 2.67 bits per heavy atom. The van der Waals surface area contributed by atoms with Crippen LogP contribution in [0.3, 0.4) is 0 Å². The van der Waals surface area contributed by atoms with E-state index in [1.54, 1.807) is 0 Å². The molecular formula is C11H18N4O3. The van der Waals surface area contributed by atoms with Gasteiger partial charge in [0.2, 0.25) is 5.91 Å². The van der Waals surface area contributed by atoms with Gasteiger partial charge in [-0.2, -0.15) is 0 Å². The second-order valence-electron chi connectivity index (χ2n) is 4.06. The number of rotatable bonds is 7. The molecule has 0 fully saturated rings. The van der Waals surface area contributed by atoms with Gasteiger partial charge in [0.05, 0.1) is 12.1 Å². The first-order valence-electron chi connectivity index (χ1n) is 5.95. The molecule has 0 radical (unpaired) electrons. The molecule has 7 nitrogen and oxygen atoms in total. The summed E-state index contributed by atoms with van der Waals surface area (Å²) in [6.45, 7) is 4.08. The van der Waals surface area contributed by atoms with Crippen LogP contribution in [0.2, 0.25) is 0 Å². The predicted octanol–water partition coefficient (Wildman–Crippen LogP) is 0.210. The van der Waals surface area contributed by atoms with E-state index in [9.17, 15) is 9.59 Å². The Morgan fingerprint density at radius 2 is 2.11 bits per heavy atom. The highest BCUT2D eigenvalue weighted by molar-refractivity contribution is 5.76. The smallest absolute Gasteiger partial charge is 0.309 e. The van der Waals surface area contributed by atoms with Crippen molar-refractivity contribution in [3.63, 3.8) is 0 Å². The van der Waals surface area contributed by atoms with Crippen molar-refractivity contribution in [3.8, 4) is 0 Å². The van der Waals surface area contributed by atoms with Gasteiger partial charge in [-0.3, -0.25) is 9.59 Å². The lowest BCUT2D eigenvalue weighted by atomic mass is 10.2. The summed E-state index contributed by atoms with van der Waals surface area (Å²) in [5.41, 5.74) is 0.345. The fourth-order valence-electron chi connectivity index (χ4n) is 1.56. The number of carbonyl (C=O) groups excluding carboxylic acids is 1. The molecule has 0 bridgehead atoms. The average molecular weight is 254 g/mol. The van der Waals surface area contributed by atoms with Crippen LogP contribution in [-0.4, -0.2) is 38.0 Å². The van der Waals surface area contributed by atoms with Gasteiger partial charge in [0, 0.05) is 12.2 Å². The topological polar surface area (TPSA) is 97.1 Å². The zero-order valence-electron chi connectivity index (χ0n) is 10.6. The Morgan fingerprint density at radius 1 is 1.44 bits per heavy atom. The molecule has 0 aromatic carbocycles. The number of aromatic nitrogens is 3. The van der Waals surface area contributed by atoms with Crippen molar-refractivity contribution in [1.82, 2.24) is 20.3 Å². The summed E-state index contributed by atoms with van der Waals surface area (Å²) in [6.07, 6.45) is 3.04. The summed E-state index contributed by atoms with van der Waals surface area (Å²) in [4.78, 5) is 22.1. The summed E-state index contributed by atoms with van der Waals surface area (Å²) in [5.74, 6) is -1.11. The Kier molecular flexibility index (Phi) is 5.29. The normalized spacial score (nSPS) is 10.6. The maximum atomic E-state index is 11.7. The maximum Gasteiger partial charge on any atom is 0.309 e. The van der Waals surface area contributed by atoms with Crippen LogP contribution in [0.5, 0.6) is 0 Å². The van der Waals surface area contributed by atoms with Crippen LogP contribution in [0.15, 0.2) is 6.20 Å². The summed E-state index contributed by atoms with van der Waals surface area (Å²) < 4.78 is 1.34. The van der Waals surface area contributed by atoms with E-state index in [0.29, 0.717) is 5.69 Å². The SMILES string of the molecule is CCC(CC)NC(=O)Cn1cc(CC(=O)O)nn1. The molecule has 100 valence electrons. The van der Waals surface area contributed by atoms with E-state index in [4.69, 9.17) is 5.11 Å². The van der Waals surface area contributed by atoms with Crippen LogP contribution in [0, 0.1) is 0 Å². The minimum atomic E-state index is -0.969. The number of aliphatic carboxylic acids is 1. The van der Waals surface area contributed by atoms with E-state index < -0.39 is 5.97 Å². The third-order valence-corrected chi connectivity index (χ3v) is 2.57. The van der Waals surface area contributed by atoms with Crippen LogP contribution in [0.25, 0.3) is 0 Å². The standard InChI is InChI=1S/C11H18N4O3/c1-3-8(4-2)12-10(16)7-15-6-9(13-14-15)5-11(17)18/h6,8H,3-5,7H2,1-2H3,(H,12,16)(H,17,18). The summed E-state index contributed by atoms with van der Waals surface area (Å²) in [6, 6.07) is 0.166. The molecule has 0 saturated carbocycles. The lowest BCUT2D eigenvalue weighted by molar-refractivity contribution is -0.136. The van der Waals surface area contributed by atoms with Gasteiger partial charge in [0.25, 0.3) is 0 Å². The zero-order chi connectivity index (χ0) is 13.5. The van der Waals surface area contributed by atoms with E-state index in [0.717, 1.165) is 12.8 Å². The van der Waals surface area contributed by atoms with Crippen molar-refractivity contribution in [2.45, 2.75) is 45.7 Å². The van der Waals surface area contributed by atoms with Gasteiger partial charge in [-0.25, -0.2) is 4.68 Å². The van der Waals surface area contributed by atoms with Crippen molar-refractivity contribution in [2.75, 3.05) is 0 Å². The molecule has 0 unspecified atom stereocenters. The second-order valence-corrected chi connectivity index (χ2v) is 4.06. The Hall–Kier alpha value is -1.92. The highest BCUT2D eigenvalue weighted by atomic mass is 16.4. The molecular weight excluding hydrogens is 236 g/mol. The molecule has 1 aromatic rings. The van der Waals surface area contributed by atoms with Gasteiger partial charge in [-0.05, 0) is 12.8 Å². The van der Waals surface area contributed by atoms with Crippen LogP contribution < -0.4 is 5.32 Å². The molecule has 1 aromatic heterocycles. The molecule has 7 heteroatoms. The number of nitrogens with zero attached hydrogens (tertiary/aromatic N) is 3. The number of carbonyl (C=O) groups is 2. The minimum absolute atomic E-state index is 0.0586. The van der Waals surface area contributed by atoms with E-state index in [2.05, 4.69) is 15.6 Å². The van der Waals surface area contributed by atoms with Gasteiger partial charge in [-0.1, -0.05) is 19.1 Å². The van der Waals surface area contributed by atoms with Gasteiger partial charge < -0.3 is 10.4 Å². The summed E-state index contributed by atoms with van der Waals surface area (Å²) in [5, 5.41) is 18.8. The molecule has 1 heterocycles. The largest absolute Gasteiger partial charge is 0.481 e. The highest BCUT2D eigenvalue weighted by Crippen LogP contribution is 1.98. The van der Waals surface area contributed by atoms with Crippen molar-refractivity contribution < 1.29 is 14.7 Å². The van der Waals surface area contributed by atoms with Gasteiger partial charge >= 0.3 is 5.97 Å². The fourth-order valence-corrected chi connectivity index (χ4v) is 1.56. The lowest BCUT2D eigenvalue weighted by Crippen LogP contribution is -2.36. The summed E-state index contributed by atoms with van der Waals surface area (Å²) >= 11 is 0. The number of amides is 1. The first kappa shape index (κ1) is 14.1. The molecule has 0 aliphatic carbocycles. The van der Waals surface area contributed by atoms with E-state index >= 15 is 0 Å². The third kappa shape index (κ3) is 4.52. The number of nitrogens with one attached hydrogen (secondary N) is 1. The van der Waals surface area contributed by atoms with Gasteiger partial charge in [0.1, 0.15) is 6.54 Å². The Bertz CT molecular complexity index is 412. The molecule has 1 amide bonds. The van der Waals surface area contributed by atoms with Crippen LogP contribution in [0.1, 0.15) is 32.4 Å². The number of carboxylic acid groups (broad SMARTS) is 1. The van der Waals surface area contributed by atoms with E-state index in [-0.39, 0.29) is 24.9 Å². The lowest BCUT2D eigenvalue weighted by Gasteiger charge is -2.14. The Labute approximate surface area is 105 Å². The molecule has 0 aliphatic rings. The van der Waals surface area contributed by atoms with Crippen molar-refractivity contribution in [2.24, 2.45) is 0 Å². The van der Waals surface area contributed by atoms with Crippen molar-refractivity contribution in [1.29, 1.82) is 0 Å². The van der Waals surface area contributed by atoms with E-state index in [1.807, 2.05) is 13.8 Å². The maximum absolute atomic E-state index is 11.7. The van der Waals surface area contributed by atoms with Gasteiger partial charge in [0.15, 0.2) is 0 Å². The third-order valence-electron chi connectivity index (χ3n) is 2.57. The molecule has 18 heavy (non-hydrogen) atoms. The number of hydrogen-bond acceptors (Lipinski definition) is 4. The quantitative estimate of drug-likeness (QED) is 0.725.